The number of β-lactam (4-membered cyclic amide) rings is 1. The number of carbonyl (C=O) groups excluding carboxylic acids is 3. The molecular weight excluding hydrogens is 681 g/mol. The van der Waals surface area contributed by atoms with Gasteiger partial charge in [-0.1, -0.05) is 64.3 Å². The molecule has 0 radical (unpaired) electrons. The standard InChI is InChI=1S/C35H51N4O7S2Si/c1-10-13-44-33(42)30-31(22(3)29-28(23(4)40)32(41)39(29)30)48-26-17-24(38(19-26)34(43)45-14-11-2)16-25-18-37-21-36(20-27(37)47-25)12-15-46-49(8,9)35(5,6)7/h10-11,18,20-24,26,28-29,40H,1-2,12-17,19H2,3-9H3/q+1/t22-,23-,24-,26+,28-,29-/m1/s1. The molecule has 6 atom stereocenters. The van der Waals surface area contributed by atoms with Crippen molar-refractivity contribution >= 4 is 54.2 Å². The van der Waals surface area contributed by atoms with Crippen LogP contribution in [0.15, 0.2) is 54.6 Å². The normalized spacial score (nSPS) is 24.7. The largest absolute Gasteiger partial charge is 0.457 e. The van der Waals surface area contributed by atoms with Crippen LogP contribution in [0.5, 0.6) is 0 Å². The van der Waals surface area contributed by atoms with Gasteiger partial charge in [0.05, 0.1) is 29.5 Å². The van der Waals surface area contributed by atoms with Crippen molar-refractivity contribution < 1.29 is 38.0 Å². The molecule has 0 spiro atoms. The predicted octanol–water partition coefficient (Wildman–Crippen LogP) is 5.15. The highest BCUT2D eigenvalue weighted by molar-refractivity contribution is 8.03. The molecule has 268 valence electrons. The van der Waals surface area contributed by atoms with Gasteiger partial charge in [0.25, 0.3) is 0 Å². The number of ether oxygens (including phenoxy) is 2. The Morgan fingerprint density at radius 1 is 1.22 bits per heavy atom. The second-order valence-electron chi connectivity index (χ2n) is 14.7. The number of imidazole rings is 1. The maximum Gasteiger partial charge on any atom is 0.410 e. The Labute approximate surface area is 298 Å². The van der Waals surface area contributed by atoms with Crippen LogP contribution in [-0.2, 0) is 36.5 Å². The maximum atomic E-state index is 13.3. The Bertz CT molecular complexity index is 1600. The van der Waals surface area contributed by atoms with Crippen LogP contribution < -0.4 is 4.57 Å². The molecule has 14 heteroatoms. The summed E-state index contributed by atoms with van der Waals surface area (Å²) >= 11 is 3.23. The fraction of sp³-hybridized carbons (Fsp3) is 0.600. The van der Waals surface area contributed by atoms with E-state index in [4.69, 9.17) is 13.9 Å². The molecule has 2 fully saturated rings. The number of aliphatic hydroxyl groups is 1. The molecular formula is C35H51N4O7S2Si+. The van der Waals surface area contributed by atoms with Gasteiger partial charge < -0.3 is 28.8 Å². The van der Waals surface area contributed by atoms with Crippen LogP contribution in [0.1, 0.15) is 45.9 Å². The SMILES string of the molecule is C=CCOC(=O)C1=C(S[C@H]2C[C@@H](Cc3cn4c[n+](CCO[Si](C)(C)C(C)(C)C)cc4s3)N(C(=O)OCC=C)C2)[C@H](C)[C@@H]2[C@@H]([C@@H](C)O)C(=O)N12. The summed E-state index contributed by atoms with van der Waals surface area (Å²) in [5.74, 6) is -1.61. The number of aromatic nitrogens is 2. The zero-order valence-corrected chi connectivity index (χ0v) is 32.3. The highest BCUT2D eigenvalue weighted by Gasteiger charge is 2.60. The molecule has 0 aliphatic carbocycles. The number of rotatable bonds is 14. The van der Waals surface area contributed by atoms with Gasteiger partial charge in [-0.3, -0.25) is 4.79 Å². The van der Waals surface area contributed by atoms with Crippen LogP contribution in [0.25, 0.3) is 4.83 Å². The van der Waals surface area contributed by atoms with Crippen molar-refractivity contribution in [2.45, 2.75) is 95.6 Å². The highest BCUT2D eigenvalue weighted by atomic mass is 32.2. The predicted molar refractivity (Wildman–Crippen MR) is 194 cm³/mol. The van der Waals surface area contributed by atoms with E-state index in [1.807, 2.05) is 6.92 Å². The van der Waals surface area contributed by atoms with Crippen LogP contribution in [0.2, 0.25) is 18.1 Å². The van der Waals surface area contributed by atoms with Crippen molar-refractivity contribution in [2.24, 2.45) is 11.8 Å². The van der Waals surface area contributed by atoms with Crippen LogP contribution >= 0.6 is 23.1 Å². The molecule has 3 aliphatic heterocycles. The number of hydrogen-bond acceptors (Lipinski definition) is 9. The fourth-order valence-corrected chi connectivity index (χ4v) is 10.4. The molecule has 2 aromatic rings. The molecule has 0 saturated carbocycles. The van der Waals surface area contributed by atoms with E-state index in [2.05, 4.69) is 74.7 Å². The van der Waals surface area contributed by atoms with Crippen molar-refractivity contribution in [3.8, 4) is 0 Å². The number of likely N-dealkylation sites (tertiary alicyclic amines) is 1. The summed E-state index contributed by atoms with van der Waals surface area (Å²) in [6.07, 6.45) is 9.48. The number of carbonyl (C=O) groups is 3. The highest BCUT2D eigenvalue weighted by Crippen LogP contribution is 2.52. The Morgan fingerprint density at radius 2 is 1.92 bits per heavy atom. The first kappa shape index (κ1) is 37.3. The Hall–Kier alpha value is -2.91. The van der Waals surface area contributed by atoms with E-state index in [0.717, 1.165) is 21.2 Å². The molecule has 5 heterocycles. The second-order valence-corrected chi connectivity index (χ2v) is 22.0. The Balaban J connectivity index is 1.31. The summed E-state index contributed by atoms with van der Waals surface area (Å²) in [4.78, 5) is 45.9. The molecule has 1 N–H and O–H groups in total. The Morgan fingerprint density at radius 3 is 2.55 bits per heavy atom. The van der Waals surface area contributed by atoms with Gasteiger partial charge in [-0.05, 0) is 31.5 Å². The average Bonchev–Trinajstić information content (AvgIpc) is 3.75. The smallest absolute Gasteiger partial charge is 0.410 e. The monoisotopic (exact) mass is 731 g/mol. The van der Waals surface area contributed by atoms with E-state index >= 15 is 0 Å². The topological polar surface area (TPSA) is 114 Å². The van der Waals surface area contributed by atoms with E-state index in [1.54, 1.807) is 29.2 Å². The van der Waals surface area contributed by atoms with Gasteiger partial charge in [0.1, 0.15) is 37.8 Å². The number of thioether (sulfide) groups is 1. The number of thiazole rings is 1. The van der Waals surface area contributed by atoms with Crippen molar-refractivity contribution in [1.82, 2.24) is 14.2 Å². The van der Waals surface area contributed by atoms with Gasteiger partial charge in [0, 0.05) is 35.1 Å². The molecule has 11 nitrogen and oxygen atoms in total. The molecule has 2 saturated heterocycles. The van der Waals surface area contributed by atoms with Crippen molar-refractivity contribution in [1.29, 1.82) is 0 Å². The summed E-state index contributed by atoms with van der Waals surface area (Å²) in [5.41, 5.74) is 0.243. The van der Waals surface area contributed by atoms with E-state index in [-0.39, 0.29) is 53.1 Å². The summed E-state index contributed by atoms with van der Waals surface area (Å²) in [6.45, 7) is 24.2. The third-order valence-corrected chi connectivity index (χ3v) is 17.3. The van der Waals surface area contributed by atoms with E-state index in [1.165, 1.54) is 22.7 Å². The summed E-state index contributed by atoms with van der Waals surface area (Å²) < 4.78 is 21.6. The molecule has 3 aliphatic rings. The maximum absolute atomic E-state index is 13.3. The van der Waals surface area contributed by atoms with Crippen LogP contribution in [-0.4, -0.2) is 95.4 Å². The van der Waals surface area contributed by atoms with Crippen molar-refractivity contribution in [3.05, 3.63) is 59.5 Å². The zero-order chi connectivity index (χ0) is 35.8. The second kappa shape index (κ2) is 14.7. The summed E-state index contributed by atoms with van der Waals surface area (Å²) in [6, 6.07) is -0.441. The molecule has 0 aromatic carbocycles. The lowest BCUT2D eigenvalue weighted by Crippen LogP contribution is -2.63. The molecule has 2 aromatic heterocycles. The first-order chi connectivity index (χ1) is 23.1. The lowest BCUT2D eigenvalue weighted by atomic mass is 9.79. The molecule has 5 rings (SSSR count). The lowest BCUT2D eigenvalue weighted by molar-refractivity contribution is -0.696. The third-order valence-electron chi connectivity index (χ3n) is 10.2. The third kappa shape index (κ3) is 7.58. The van der Waals surface area contributed by atoms with Gasteiger partial charge in [0.15, 0.2) is 8.32 Å². The lowest BCUT2D eigenvalue weighted by Gasteiger charge is -2.46. The van der Waals surface area contributed by atoms with Gasteiger partial charge in [0.2, 0.25) is 17.1 Å². The quantitative estimate of drug-likeness (QED) is 0.0934. The minimum Gasteiger partial charge on any atom is -0.457 e. The first-order valence-corrected chi connectivity index (χ1v) is 21.6. The van der Waals surface area contributed by atoms with Gasteiger partial charge in [-0.2, -0.15) is 4.40 Å². The number of esters is 1. The van der Waals surface area contributed by atoms with E-state index in [9.17, 15) is 19.5 Å². The van der Waals surface area contributed by atoms with E-state index in [0.29, 0.717) is 26.0 Å². The van der Waals surface area contributed by atoms with Crippen LogP contribution in [0.4, 0.5) is 4.79 Å². The minimum absolute atomic E-state index is 0.0236. The number of amides is 2. The summed E-state index contributed by atoms with van der Waals surface area (Å²) in [5, 5.41) is 10.5. The first-order valence-electron chi connectivity index (χ1n) is 17.0. The van der Waals surface area contributed by atoms with E-state index < -0.39 is 32.4 Å². The number of nitrogens with zero attached hydrogens (tertiary/aromatic N) is 4. The van der Waals surface area contributed by atoms with Crippen molar-refractivity contribution in [3.63, 3.8) is 0 Å². The van der Waals surface area contributed by atoms with Gasteiger partial charge >= 0.3 is 12.1 Å². The number of hydrogen-bond donors (Lipinski definition) is 1. The van der Waals surface area contributed by atoms with Crippen molar-refractivity contribution in [2.75, 3.05) is 26.4 Å². The Kier molecular flexibility index (Phi) is 11.2. The number of aliphatic hydroxyl groups excluding tert-OH is 1. The molecule has 49 heavy (non-hydrogen) atoms. The average molecular weight is 732 g/mol. The van der Waals surface area contributed by atoms with Gasteiger partial charge in [-0.15, -0.1) is 11.8 Å². The summed E-state index contributed by atoms with van der Waals surface area (Å²) in [7, 11) is -1.81. The number of fused-ring (bicyclic) bond motifs is 2. The van der Waals surface area contributed by atoms with Crippen LogP contribution in [0, 0.1) is 11.8 Å². The van der Waals surface area contributed by atoms with Crippen LogP contribution in [0.3, 0.4) is 0 Å². The minimum atomic E-state index is -1.81. The zero-order valence-electron chi connectivity index (χ0n) is 29.7. The fourth-order valence-electron chi connectivity index (χ4n) is 6.66. The molecule has 0 bridgehead atoms. The molecule has 2 amide bonds. The van der Waals surface area contributed by atoms with Gasteiger partial charge in [-0.25, -0.2) is 14.2 Å². The molecule has 0 unspecified atom stereocenters.